The fourth-order valence-corrected chi connectivity index (χ4v) is 4.62. The lowest BCUT2D eigenvalue weighted by Gasteiger charge is -2.29. The molecule has 2 aliphatic rings. The summed E-state index contributed by atoms with van der Waals surface area (Å²) in [6.45, 7) is 9.41. The van der Waals surface area contributed by atoms with E-state index in [0.29, 0.717) is 6.92 Å². The van der Waals surface area contributed by atoms with E-state index in [1.807, 2.05) is 11.8 Å². The highest BCUT2D eigenvalue weighted by Crippen LogP contribution is 2.45. The van der Waals surface area contributed by atoms with Gasteiger partial charge in [-0.25, -0.2) is 0 Å². The molecule has 0 atom stereocenters. The molecule has 0 bridgehead atoms. The molecule has 0 saturated heterocycles. The van der Waals surface area contributed by atoms with Gasteiger partial charge in [0.1, 0.15) is 5.09 Å². The van der Waals surface area contributed by atoms with Gasteiger partial charge < -0.3 is 4.65 Å². The summed E-state index contributed by atoms with van der Waals surface area (Å²) in [5.41, 5.74) is 0. The minimum atomic E-state index is 0.234. The van der Waals surface area contributed by atoms with Crippen LogP contribution in [-0.4, -0.2) is 11.7 Å². The van der Waals surface area contributed by atoms with Crippen LogP contribution in [0, 0.1) is 0 Å². The molecule has 0 aromatic carbocycles. The van der Waals surface area contributed by atoms with Crippen LogP contribution in [0.1, 0.15) is 79.1 Å². The van der Waals surface area contributed by atoms with Crippen LogP contribution in [0.5, 0.6) is 0 Å². The van der Waals surface area contributed by atoms with Crippen molar-refractivity contribution in [3.8, 4) is 0 Å². The van der Waals surface area contributed by atoms with Crippen LogP contribution in [0.4, 0.5) is 0 Å². The molecule has 2 saturated carbocycles. The van der Waals surface area contributed by atoms with E-state index in [9.17, 15) is 0 Å². The van der Waals surface area contributed by atoms with Gasteiger partial charge in [-0.15, -0.1) is 0 Å². The van der Waals surface area contributed by atoms with E-state index in [-0.39, 0.29) is 4.75 Å². The monoisotopic (exact) mass is 294 g/mol. The Morgan fingerprint density at radius 3 is 1.80 bits per heavy atom. The van der Waals surface area contributed by atoms with Crippen LogP contribution in [0.3, 0.4) is 0 Å². The first-order valence-corrected chi connectivity index (χ1v) is 9.33. The number of hydrogen-bond acceptors (Lipinski definition) is 2. The smallest absolute Gasteiger partial charge is 0.364 e. The standard InChI is InChI=1S/C17H31BOS/c1-5-16(20-17(2,3)4)19-18(14-10-6-7-11-14)15-12-8-9-13-15/h5,14-15H,6-13H2,1-4H3/b16-5-. The van der Waals surface area contributed by atoms with Crippen LogP contribution in [-0.2, 0) is 4.65 Å². The average Bonchev–Trinajstić information content (AvgIpc) is 3.05. The largest absolute Gasteiger partial charge is 0.556 e. The summed E-state index contributed by atoms with van der Waals surface area (Å²) in [5.74, 6) is 1.63. The molecule has 0 amide bonds. The topological polar surface area (TPSA) is 9.23 Å². The van der Waals surface area contributed by atoms with Crippen molar-refractivity contribution < 1.29 is 4.65 Å². The Kier molecular flexibility index (Phi) is 5.95. The maximum atomic E-state index is 6.57. The molecule has 0 N–H and O–H groups in total. The van der Waals surface area contributed by atoms with Crippen LogP contribution < -0.4 is 0 Å². The zero-order valence-electron chi connectivity index (χ0n) is 13.8. The fraction of sp³-hybridized carbons (Fsp3) is 0.882. The molecule has 0 aromatic heterocycles. The van der Waals surface area contributed by atoms with E-state index < -0.39 is 0 Å². The zero-order chi connectivity index (χ0) is 14.6. The molecule has 0 unspecified atom stereocenters. The van der Waals surface area contributed by atoms with Crippen molar-refractivity contribution in [3.63, 3.8) is 0 Å². The molecular formula is C17H31BOS. The second kappa shape index (κ2) is 7.29. The van der Waals surface area contributed by atoms with Crippen molar-refractivity contribution in [2.24, 2.45) is 0 Å². The van der Waals surface area contributed by atoms with Crippen molar-refractivity contribution in [1.29, 1.82) is 0 Å². The maximum Gasteiger partial charge on any atom is 0.364 e. The molecule has 114 valence electrons. The summed E-state index contributed by atoms with van der Waals surface area (Å²) in [6.07, 6.45) is 13.4. The third-order valence-corrected chi connectivity index (χ3v) is 5.77. The SMILES string of the molecule is C/C=C(/OB(C1CCCC1)C1CCCC1)SC(C)(C)C. The van der Waals surface area contributed by atoms with E-state index in [4.69, 9.17) is 4.65 Å². The van der Waals surface area contributed by atoms with E-state index in [0.717, 1.165) is 16.7 Å². The third kappa shape index (κ3) is 4.75. The molecule has 0 aliphatic heterocycles. The molecule has 0 spiro atoms. The Morgan fingerprint density at radius 2 is 1.45 bits per heavy atom. The highest BCUT2D eigenvalue weighted by molar-refractivity contribution is 8.04. The minimum absolute atomic E-state index is 0.234. The quantitative estimate of drug-likeness (QED) is 0.436. The highest BCUT2D eigenvalue weighted by Gasteiger charge is 2.40. The number of thioether (sulfide) groups is 1. The lowest BCUT2D eigenvalue weighted by Crippen LogP contribution is -2.28. The molecule has 0 radical (unpaired) electrons. The number of rotatable bonds is 5. The summed E-state index contributed by atoms with van der Waals surface area (Å²) in [4.78, 5) is 0. The predicted octanol–water partition coefficient (Wildman–Crippen LogP) is 6.28. The van der Waals surface area contributed by atoms with Crippen molar-refractivity contribution in [3.05, 3.63) is 11.2 Å². The van der Waals surface area contributed by atoms with Gasteiger partial charge in [-0.3, -0.25) is 0 Å². The Morgan fingerprint density at radius 1 is 1.00 bits per heavy atom. The molecule has 1 nitrogen and oxygen atoms in total. The zero-order valence-corrected chi connectivity index (χ0v) is 14.6. The average molecular weight is 294 g/mol. The van der Waals surface area contributed by atoms with Gasteiger partial charge in [-0.2, -0.15) is 0 Å². The van der Waals surface area contributed by atoms with E-state index in [1.54, 1.807) is 0 Å². The summed E-state index contributed by atoms with van der Waals surface area (Å²) in [6, 6.07) is 0. The summed E-state index contributed by atoms with van der Waals surface area (Å²) >= 11 is 1.89. The van der Waals surface area contributed by atoms with Crippen molar-refractivity contribution in [2.45, 2.75) is 95.4 Å². The van der Waals surface area contributed by atoms with Gasteiger partial charge in [0.15, 0.2) is 0 Å². The van der Waals surface area contributed by atoms with E-state index in [1.165, 1.54) is 51.4 Å². The number of allylic oxidation sites excluding steroid dienone is 1. The lowest BCUT2D eigenvalue weighted by molar-refractivity contribution is 0.434. The Bertz CT molecular complexity index is 306. The van der Waals surface area contributed by atoms with Crippen molar-refractivity contribution >= 4 is 18.7 Å². The van der Waals surface area contributed by atoms with Gasteiger partial charge in [-0.1, -0.05) is 83.9 Å². The second-order valence-corrected chi connectivity index (χ2v) is 9.32. The van der Waals surface area contributed by atoms with Gasteiger partial charge in [0, 0.05) is 4.75 Å². The van der Waals surface area contributed by atoms with Crippen LogP contribution in [0.25, 0.3) is 0 Å². The van der Waals surface area contributed by atoms with Gasteiger partial charge in [0.2, 0.25) is 0 Å². The molecule has 0 aromatic rings. The third-order valence-electron chi connectivity index (χ3n) is 4.62. The second-order valence-electron chi connectivity index (χ2n) is 7.49. The predicted molar refractivity (Wildman–Crippen MR) is 92.4 cm³/mol. The fourth-order valence-electron chi connectivity index (χ4n) is 3.74. The van der Waals surface area contributed by atoms with Gasteiger partial charge in [0.05, 0.1) is 0 Å². The van der Waals surface area contributed by atoms with Gasteiger partial charge in [-0.05, 0) is 24.6 Å². The van der Waals surface area contributed by atoms with E-state index in [2.05, 4.69) is 33.8 Å². The molecule has 2 aliphatic carbocycles. The minimum Gasteiger partial charge on any atom is -0.556 e. The van der Waals surface area contributed by atoms with Gasteiger partial charge >= 0.3 is 6.92 Å². The van der Waals surface area contributed by atoms with Crippen LogP contribution in [0.2, 0.25) is 11.6 Å². The first-order valence-electron chi connectivity index (χ1n) is 8.51. The molecule has 20 heavy (non-hydrogen) atoms. The van der Waals surface area contributed by atoms with Crippen molar-refractivity contribution in [2.75, 3.05) is 0 Å². The first kappa shape index (κ1) is 16.3. The van der Waals surface area contributed by atoms with Crippen LogP contribution in [0.15, 0.2) is 11.2 Å². The van der Waals surface area contributed by atoms with Gasteiger partial charge in [0.25, 0.3) is 0 Å². The maximum absolute atomic E-state index is 6.57. The van der Waals surface area contributed by atoms with E-state index >= 15 is 0 Å². The molecule has 3 heteroatoms. The first-order chi connectivity index (χ1) is 9.49. The lowest BCUT2D eigenvalue weighted by atomic mass is 9.46. The van der Waals surface area contributed by atoms with Crippen LogP contribution >= 0.6 is 11.8 Å². The molecule has 0 heterocycles. The molecular weight excluding hydrogens is 263 g/mol. The normalized spacial score (nSPS) is 22.5. The highest BCUT2D eigenvalue weighted by atomic mass is 32.2. The number of hydrogen-bond donors (Lipinski definition) is 0. The Balaban J connectivity index is 2.02. The molecule has 2 rings (SSSR count). The summed E-state index contributed by atoms with van der Waals surface area (Å²) < 4.78 is 6.80. The Labute approximate surface area is 130 Å². The summed E-state index contributed by atoms with van der Waals surface area (Å²) in [5, 5.41) is 1.15. The van der Waals surface area contributed by atoms with Crippen molar-refractivity contribution in [1.82, 2.24) is 0 Å². The Hall–Kier alpha value is -0.0451. The summed E-state index contributed by atoms with van der Waals surface area (Å²) in [7, 11) is 0. The molecule has 2 fully saturated rings.